The lowest BCUT2D eigenvalue weighted by Gasteiger charge is -2.32. The average Bonchev–Trinajstić information content (AvgIpc) is 3.34. The van der Waals surface area contributed by atoms with Gasteiger partial charge in [-0.05, 0) is 66.9 Å². The number of H-pyrrole nitrogens is 1. The van der Waals surface area contributed by atoms with Crippen LogP contribution in [0.4, 0.5) is 24.7 Å². The lowest BCUT2D eigenvalue weighted by molar-refractivity contribution is -0.274. The molecular weight excluding hydrogens is 487 g/mol. The zero-order chi connectivity index (χ0) is 25.7. The maximum Gasteiger partial charge on any atom is 0.573 e. The number of rotatable bonds is 4. The van der Waals surface area contributed by atoms with Crippen molar-refractivity contribution < 1.29 is 27.8 Å². The number of nitrogens with one attached hydrogen (secondary N) is 1. The van der Waals surface area contributed by atoms with Gasteiger partial charge in [0.15, 0.2) is 5.82 Å². The Balaban J connectivity index is 1.54. The highest BCUT2D eigenvalue weighted by molar-refractivity contribution is 5.94. The fraction of sp³-hybridized carbons (Fsp3) is 0.154. The van der Waals surface area contributed by atoms with Gasteiger partial charge in [-0.15, -0.1) is 13.2 Å². The Morgan fingerprint density at radius 1 is 1.03 bits per heavy atom. The molecule has 2 N–H and O–H groups in total. The van der Waals surface area contributed by atoms with Gasteiger partial charge in [0.25, 0.3) is 0 Å². The van der Waals surface area contributed by atoms with E-state index in [2.05, 4.69) is 14.9 Å². The Kier molecular flexibility index (Phi) is 5.21. The Hall–Kier alpha value is -4.67. The van der Waals surface area contributed by atoms with E-state index in [1.54, 1.807) is 18.3 Å². The predicted molar refractivity (Wildman–Crippen MR) is 130 cm³/mol. The van der Waals surface area contributed by atoms with Crippen LogP contribution in [0.25, 0.3) is 33.2 Å². The van der Waals surface area contributed by atoms with Crippen molar-refractivity contribution in [3.05, 3.63) is 71.9 Å². The number of halogens is 3. The summed E-state index contributed by atoms with van der Waals surface area (Å²) in [7, 11) is 0. The molecule has 0 aliphatic carbocycles. The Labute approximate surface area is 207 Å². The first-order valence-corrected chi connectivity index (χ1v) is 11.4. The van der Waals surface area contributed by atoms with Gasteiger partial charge in [0.2, 0.25) is 0 Å². The summed E-state index contributed by atoms with van der Waals surface area (Å²) in [6.07, 6.45) is -1.85. The molecular formula is C26H18F3N5O3. The number of fused-ring (bicyclic) bond motifs is 3. The molecule has 0 unspecified atom stereocenters. The van der Waals surface area contributed by atoms with Crippen LogP contribution in [-0.4, -0.2) is 44.1 Å². The molecule has 37 heavy (non-hydrogen) atoms. The molecule has 3 heterocycles. The van der Waals surface area contributed by atoms with Gasteiger partial charge < -0.3 is 14.7 Å². The number of carboxylic acid groups (broad SMARTS) is 1. The van der Waals surface area contributed by atoms with E-state index in [1.165, 1.54) is 24.3 Å². The number of aromatic carboxylic acids is 1. The van der Waals surface area contributed by atoms with Gasteiger partial charge in [0.1, 0.15) is 11.4 Å². The number of anilines is 2. The van der Waals surface area contributed by atoms with Crippen LogP contribution in [0.3, 0.4) is 0 Å². The summed E-state index contributed by atoms with van der Waals surface area (Å²) in [6, 6.07) is 14.5. The molecule has 1 aliphatic rings. The zero-order valence-electron chi connectivity index (χ0n) is 19.1. The average molecular weight is 505 g/mol. The van der Waals surface area contributed by atoms with Crippen molar-refractivity contribution >= 4 is 39.4 Å². The third kappa shape index (κ3) is 4.28. The highest BCUT2D eigenvalue weighted by Gasteiger charge is 2.32. The second kappa shape index (κ2) is 8.47. The van der Waals surface area contributed by atoms with Crippen molar-refractivity contribution in [2.75, 3.05) is 11.4 Å². The summed E-state index contributed by atoms with van der Waals surface area (Å²) >= 11 is 0. The molecule has 186 valence electrons. The minimum atomic E-state index is -4.78. The summed E-state index contributed by atoms with van der Waals surface area (Å²) in [5, 5.41) is 17.3. The molecule has 1 aliphatic heterocycles. The lowest BCUT2D eigenvalue weighted by atomic mass is 10.00. The Bertz CT molecular complexity index is 1680. The molecule has 0 radical (unpaired) electrons. The number of carbonyl (C=O) groups is 1. The van der Waals surface area contributed by atoms with Crippen LogP contribution in [0.1, 0.15) is 22.3 Å². The maximum atomic E-state index is 12.8. The molecule has 3 aromatic carbocycles. The molecule has 11 heteroatoms. The van der Waals surface area contributed by atoms with Crippen molar-refractivity contribution in [2.45, 2.75) is 19.2 Å². The van der Waals surface area contributed by atoms with E-state index in [4.69, 9.17) is 9.97 Å². The lowest BCUT2D eigenvalue weighted by Crippen LogP contribution is -2.26. The van der Waals surface area contributed by atoms with Gasteiger partial charge in [-0.25, -0.2) is 14.8 Å². The van der Waals surface area contributed by atoms with E-state index in [1.807, 2.05) is 23.1 Å². The molecule has 2 aromatic heterocycles. The van der Waals surface area contributed by atoms with Crippen LogP contribution >= 0.6 is 0 Å². The number of hydrogen-bond donors (Lipinski definition) is 2. The second-order valence-corrected chi connectivity index (χ2v) is 8.67. The van der Waals surface area contributed by atoms with Crippen molar-refractivity contribution in [2.24, 2.45) is 0 Å². The van der Waals surface area contributed by atoms with Crippen LogP contribution in [-0.2, 0) is 6.42 Å². The fourth-order valence-electron chi connectivity index (χ4n) is 4.64. The van der Waals surface area contributed by atoms with E-state index in [9.17, 15) is 23.1 Å². The second-order valence-electron chi connectivity index (χ2n) is 8.67. The smallest absolute Gasteiger partial charge is 0.478 e. The quantitative estimate of drug-likeness (QED) is 0.316. The fourth-order valence-corrected chi connectivity index (χ4v) is 4.64. The molecule has 0 saturated heterocycles. The van der Waals surface area contributed by atoms with Gasteiger partial charge in [-0.2, -0.15) is 5.10 Å². The molecule has 6 rings (SSSR count). The van der Waals surface area contributed by atoms with Crippen LogP contribution < -0.4 is 9.64 Å². The molecule has 0 amide bonds. The van der Waals surface area contributed by atoms with E-state index >= 15 is 0 Å². The van der Waals surface area contributed by atoms with Gasteiger partial charge in [0, 0.05) is 23.2 Å². The highest BCUT2D eigenvalue weighted by atomic mass is 19.4. The molecule has 0 saturated carbocycles. The molecule has 5 aromatic rings. The van der Waals surface area contributed by atoms with E-state index in [-0.39, 0.29) is 11.3 Å². The van der Waals surface area contributed by atoms with Gasteiger partial charge in [-0.1, -0.05) is 6.07 Å². The molecule has 8 nitrogen and oxygen atoms in total. The van der Waals surface area contributed by atoms with E-state index < -0.39 is 12.3 Å². The number of nitrogens with zero attached hydrogens (tertiary/aromatic N) is 4. The van der Waals surface area contributed by atoms with Crippen molar-refractivity contribution in [3.63, 3.8) is 0 Å². The maximum absolute atomic E-state index is 12.8. The molecule has 0 atom stereocenters. The number of hydrogen-bond acceptors (Lipinski definition) is 6. The van der Waals surface area contributed by atoms with Crippen LogP contribution in [0.5, 0.6) is 5.75 Å². The number of aromatic nitrogens is 4. The normalized spacial score (nSPS) is 13.6. The van der Waals surface area contributed by atoms with Crippen molar-refractivity contribution in [1.29, 1.82) is 0 Å². The van der Waals surface area contributed by atoms with Crippen LogP contribution in [0.2, 0.25) is 0 Å². The minimum Gasteiger partial charge on any atom is -0.478 e. The summed E-state index contributed by atoms with van der Waals surface area (Å²) in [5.74, 6) is -0.891. The largest absolute Gasteiger partial charge is 0.573 e. The SMILES string of the molecule is O=C(O)c1ccc2nc(-c3ccc4[nH]ncc4c3)c(N3CCCc4cc(OC(F)(F)F)ccc43)nc2c1. The Morgan fingerprint density at radius 2 is 1.89 bits per heavy atom. The zero-order valence-corrected chi connectivity index (χ0v) is 19.1. The van der Waals surface area contributed by atoms with Gasteiger partial charge in [0.05, 0.1) is 28.3 Å². The Morgan fingerprint density at radius 3 is 2.70 bits per heavy atom. The van der Waals surface area contributed by atoms with E-state index in [0.717, 1.165) is 16.5 Å². The van der Waals surface area contributed by atoms with Crippen molar-refractivity contribution in [1.82, 2.24) is 20.2 Å². The highest BCUT2D eigenvalue weighted by Crippen LogP contribution is 2.40. The third-order valence-electron chi connectivity index (χ3n) is 6.27. The topological polar surface area (TPSA) is 104 Å². The number of aryl methyl sites for hydroxylation is 1. The predicted octanol–water partition coefficient (Wildman–Crippen LogP) is 5.85. The first-order chi connectivity index (χ1) is 17.7. The summed E-state index contributed by atoms with van der Waals surface area (Å²) < 4.78 is 42.5. The van der Waals surface area contributed by atoms with Crippen LogP contribution in [0.15, 0.2) is 60.8 Å². The summed E-state index contributed by atoms with van der Waals surface area (Å²) in [5.41, 5.74) is 4.54. The summed E-state index contributed by atoms with van der Waals surface area (Å²) in [4.78, 5) is 23.1. The first kappa shape index (κ1) is 22.8. The molecule has 0 bridgehead atoms. The molecule has 0 spiro atoms. The van der Waals surface area contributed by atoms with Gasteiger partial charge >= 0.3 is 12.3 Å². The van der Waals surface area contributed by atoms with Crippen LogP contribution in [0, 0.1) is 0 Å². The standard InChI is InChI=1S/C26H18F3N5O3/c27-26(28,29)37-18-5-8-22-14(11-18)2-1-9-34(22)24-23(15-3-6-19-17(10-15)13-30-33-19)31-20-7-4-16(25(35)36)12-21(20)32-24/h3-8,10-13H,1-2,9H2,(H,30,33)(H,35,36). The number of aromatic amines is 1. The minimum absolute atomic E-state index is 0.0771. The number of alkyl halides is 3. The first-order valence-electron chi connectivity index (χ1n) is 11.4. The van der Waals surface area contributed by atoms with Gasteiger partial charge in [-0.3, -0.25) is 5.10 Å². The molecule has 0 fully saturated rings. The third-order valence-corrected chi connectivity index (χ3v) is 6.27. The number of benzene rings is 3. The van der Waals surface area contributed by atoms with Crippen molar-refractivity contribution in [3.8, 4) is 17.0 Å². The van der Waals surface area contributed by atoms with E-state index in [0.29, 0.717) is 53.2 Å². The summed E-state index contributed by atoms with van der Waals surface area (Å²) in [6.45, 7) is 0.548. The number of ether oxygens (including phenoxy) is 1. The monoisotopic (exact) mass is 505 g/mol. The number of carboxylic acids is 1.